The summed E-state index contributed by atoms with van der Waals surface area (Å²) in [6.45, 7) is 12.5. The van der Waals surface area contributed by atoms with Crippen LogP contribution in [0.25, 0.3) is 0 Å². The summed E-state index contributed by atoms with van der Waals surface area (Å²) < 4.78 is 6.38. The molecule has 0 bridgehead atoms. The number of amides is 1. The Morgan fingerprint density at radius 3 is 2.85 bits per heavy atom. The highest BCUT2D eigenvalue weighted by Crippen LogP contribution is 2.37. The van der Waals surface area contributed by atoms with Crippen LogP contribution in [0.5, 0.6) is 0 Å². The van der Waals surface area contributed by atoms with Crippen molar-refractivity contribution in [2.45, 2.75) is 70.6 Å². The summed E-state index contributed by atoms with van der Waals surface area (Å²) in [4.78, 5) is 19.4. The third kappa shape index (κ3) is 4.71. The van der Waals surface area contributed by atoms with Gasteiger partial charge in [-0.25, -0.2) is 0 Å². The molecule has 1 aliphatic heterocycles. The van der Waals surface area contributed by atoms with Crippen LogP contribution in [0.15, 0.2) is 18.3 Å². The van der Waals surface area contributed by atoms with E-state index in [0.29, 0.717) is 25.0 Å². The molecule has 0 spiro atoms. The molecule has 6 heteroatoms. The number of carbonyl (C=O) groups excluding carboxylic acids is 1. The Labute approximate surface area is 158 Å². The predicted octanol–water partition coefficient (Wildman–Crippen LogP) is 4.16. The van der Waals surface area contributed by atoms with Crippen LogP contribution in [0.2, 0.25) is 18.1 Å². The summed E-state index contributed by atoms with van der Waals surface area (Å²) >= 11 is 0. The van der Waals surface area contributed by atoms with Gasteiger partial charge < -0.3 is 9.33 Å². The minimum absolute atomic E-state index is 0.0207. The molecule has 0 aromatic carbocycles. The number of carbonyl (C=O) groups is 1. The van der Waals surface area contributed by atoms with E-state index in [4.69, 9.17) is 9.69 Å². The first kappa shape index (κ1) is 20.6. The zero-order chi connectivity index (χ0) is 19.4. The van der Waals surface area contributed by atoms with E-state index >= 15 is 0 Å². The smallest absolute Gasteiger partial charge is 0.256 e. The van der Waals surface area contributed by atoms with Crippen molar-refractivity contribution >= 4 is 14.2 Å². The first-order chi connectivity index (χ1) is 12.2. The molecule has 0 N–H and O–H groups in total. The van der Waals surface area contributed by atoms with E-state index in [1.165, 1.54) is 0 Å². The molecule has 1 saturated heterocycles. The fourth-order valence-corrected chi connectivity index (χ4v) is 4.00. The van der Waals surface area contributed by atoms with E-state index in [1.807, 2.05) is 11.0 Å². The number of hydrogen-bond acceptors (Lipinski definition) is 4. The molecular weight excluding hydrogens is 342 g/mol. The maximum atomic E-state index is 13.1. The number of pyridine rings is 1. The molecule has 5 nitrogen and oxygen atoms in total. The molecule has 0 saturated carbocycles. The minimum atomic E-state index is -1.83. The van der Waals surface area contributed by atoms with Crippen LogP contribution in [-0.2, 0) is 10.8 Å². The zero-order valence-electron chi connectivity index (χ0n) is 16.7. The standard InChI is InChI=1S/C20H31N3O2Si/c1-20(2,3)26(4,5)25-15-16-9-8-14-23(16)19(24)17-10-7-13-22-18(17)11-6-12-21/h7,10,13,16H,6,8-9,11,14-15H2,1-5H3. The number of aromatic nitrogens is 1. The van der Waals surface area contributed by atoms with Gasteiger partial charge in [-0.15, -0.1) is 0 Å². The van der Waals surface area contributed by atoms with Crippen LogP contribution in [0, 0.1) is 11.3 Å². The molecule has 1 amide bonds. The maximum absolute atomic E-state index is 13.1. The molecule has 0 aliphatic carbocycles. The lowest BCUT2D eigenvalue weighted by Gasteiger charge is -2.38. The number of aryl methyl sites for hydroxylation is 1. The largest absolute Gasteiger partial charge is 0.415 e. The summed E-state index contributed by atoms with van der Waals surface area (Å²) in [7, 11) is -1.83. The van der Waals surface area contributed by atoms with Crippen LogP contribution < -0.4 is 0 Å². The van der Waals surface area contributed by atoms with Crippen molar-refractivity contribution < 1.29 is 9.22 Å². The summed E-state index contributed by atoms with van der Waals surface area (Å²) in [6, 6.07) is 5.87. The molecule has 1 aliphatic rings. The maximum Gasteiger partial charge on any atom is 0.256 e. The van der Waals surface area contributed by atoms with Gasteiger partial charge in [0.2, 0.25) is 0 Å². The van der Waals surface area contributed by atoms with Crippen molar-refractivity contribution in [3.8, 4) is 6.07 Å². The van der Waals surface area contributed by atoms with E-state index in [1.54, 1.807) is 12.3 Å². The average Bonchev–Trinajstić information content (AvgIpc) is 3.05. The predicted molar refractivity (Wildman–Crippen MR) is 105 cm³/mol. The van der Waals surface area contributed by atoms with Crippen molar-refractivity contribution in [2.75, 3.05) is 13.2 Å². The van der Waals surface area contributed by atoms with Gasteiger partial charge in [0, 0.05) is 25.6 Å². The SMILES string of the molecule is CC(C)(C)[Si](C)(C)OCC1CCCN1C(=O)c1cccnc1CCC#N. The number of nitriles is 1. The van der Waals surface area contributed by atoms with Gasteiger partial charge in [0.1, 0.15) is 0 Å². The Hall–Kier alpha value is -1.71. The molecule has 142 valence electrons. The highest BCUT2D eigenvalue weighted by molar-refractivity contribution is 6.74. The molecular formula is C20H31N3O2Si. The Morgan fingerprint density at radius 2 is 2.19 bits per heavy atom. The third-order valence-electron chi connectivity index (χ3n) is 5.67. The highest BCUT2D eigenvalue weighted by atomic mass is 28.4. The lowest BCUT2D eigenvalue weighted by Crippen LogP contribution is -2.46. The van der Waals surface area contributed by atoms with Crippen LogP contribution in [0.3, 0.4) is 0 Å². The Balaban J connectivity index is 2.11. The Bertz CT molecular complexity index is 676. The summed E-state index contributed by atoms with van der Waals surface area (Å²) in [5.74, 6) is 0.0207. The molecule has 1 unspecified atom stereocenters. The first-order valence-electron chi connectivity index (χ1n) is 9.43. The number of nitrogens with zero attached hydrogens (tertiary/aromatic N) is 3. The van der Waals surface area contributed by atoms with Crippen molar-refractivity contribution in [3.63, 3.8) is 0 Å². The monoisotopic (exact) mass is 373 g/mol. The molecule has 1 aromatic heterocycles. The van der Waals surface area contributed by atoms with Crippen LogP contribution in [-0.4, -0.2) is 43.3 Å². The van der Waals surface area contributed by atoms with Crippen LogP contribution in [0.4, 0.5) is 0 Å². The quantitative estimate of drug-likeness (QED) is 0.702. The van der Waals surface area contributed by atoms with Gasteiger partial charge in [0.15, 0.2) is 8.32 Å². The van der Waals surface area contributed by atoms with Crippen molar-refractivity contribution in [1.82, 2.24) is 9.88 Å². The van der Waals surface area contributed by atoms with E-state index in [2.05, 4.69) is 44.9 Å². The lowest BCUT2D eigenvalue weighted by atomic mass is 10.1. The van der Waals surface area contributed by atoms with E-state index < -0.39 is 8.32 Å². The van der Waals surface area contributed by atoms with Gasteiger partial charge >= 0.3 is 0 Å². The highest BCUT2D eigenvalue weighted by Gasteiger charge is 2.39. The van der Waals surface area contributed by atoms with Crippen LogP contribution in [0.1, 0.15) is 56.1 Å². The normalized spacial score (nSPS) is 18.0. The number of rotatable bonds is 6. The topological polar surface area (TPSA) is 66.2 Å². The minimum Gasteiger partial charge on any atom is -0.415 e. The molecule has 1 fully saturated rings. The molecule has 2 rings (SSSR count). The van der Waals surface area contributed by atoms with Crippen LogP contribution >= 0.6 is 0 Å². The third-order valence-corrected chi connectivity index (χ3v) is 10.2. The van der Waals surface area contributed by atoms with Gasteiger partial charge in [-0.3, -0.25) is 9.78 Å². The van der Waals surface area contributed by atoms with E-state index in [0.717, 1.165) is 25.1 Å². The average molecular weight is 374 g/mol. The second kappa shape index (κ2) is 8.32. The Kier molecular flexibility index (Phi) is 6.59. The van der Waals surface area contributed by atoms with Crippen molar-refractivity contribution in [1.29, 1.82) is 5.26 Å². The first-order valence-corrected chi connectivity index (χ1v) is 12.3. The summed E-state index contributed by atoms with van der Waals surface area (Å²) in [6.07, 6.45) is 4.55. The van der Waals surface area contributed by atoms with Gasteiger partial charge in [0.05, 0.1) is 30.0 Å². The lowest BCUT2D eigenvalue weighted by molar-refractivity contribution is 0.0682. The fourth-order valence-electron chi connectivity index (χ4n) is 2.96. The van der Waals surface area contributed by atoms with Gasteiger partial charge in [-0.1, -0.05) is 20.8 Å². The zero-order valence-corrected chi connectivity index (χ0v) is 17.7. The van der Waals surface area contributed by atoms with Crippen molar-refractivity contribution in [3.05, 3.63) is 29.6 Å². The van der Waals surface area contributed by atoms with E-state index in [-0.39, 0.29) is 17.0 Å². The Morgan fingerprint density at radius 1 is 1.46 bits per heavy atom. The summed E-state index contributed by atoms with van der Waals surface area (Å²) in [5.41, 5.74) is 1.34. The van der Waals surface area contributed by atoms with Gasteiger partial charge in [-0.05, 0) is 43.1 Å². The molecule has 1 atom stereocenters. The summed E-state index contributed by atoms with van der Waals surface area (Å²) in [5, 5.41) is 9.00. The molecule has 26 heavy (non-hydrogen) atoms. The van der Waals surface area contributed by atoms with E-state index in [9.17, 15) is 4.79 Å². The number of hydrogen-bond donors (Lipinski definition) is 0. The fraction of sp³-hybridized carbons (Fsp3) is 0.650. The van der Waals surface area contributed by atoms with Gasteiger partial charge in [-0.2, -0.15) is 5.26 Å². The second-order valence-electron chi connectivity index (χ2n) is 8.52. The van der Waals surface area contributed by atoms with Gasteiger partial charge in [0.25, 0.3) is 5.91 Å². The second-order valence-corrected chi connectivity index (χ2v) is 13.3. The molecule has 1 aromatic rings. The number of likely N-dealkylation sites (tertiary alicyclic amines) is 1. The van der Waals surface area contributed by atoms with Crippen molar-refractivity contribution in [2.24, 2.45) is 0 Å². The molecule has 2 heterocycles. The molecule has 0 radical (unpaired) electrons.